The van der Waals surface area contributed by atoms with Crippen molar-refractivity contribution in [3.8, 4) is 0 Å². The molecule has 0 aliphatic heterocycles. The lowest BCUT2D eigenvalue weighted by Crippen LogP contribution is -2.41. The van der Waals surface area contributed by atoms with E-state index < -0.39 is 21.8 Å². The van der Waals surface area contributed by atoms with Crippen molar-refractivity contribution in [1.29, 1.82) is 0 Å². The first-order chi connectivity index (χ1) is 5.84. The van der Waals surface area contributed by atoms with E-state index in [1.165, 1.54) is 13.8 Å². The molecule has 0 radical (unpaired) electrons. The SMILES string of the molecule is CC(C)N(CCCl)S(=O)(=O)C(F)F. The Morgan fingerprint density at radius 1 is 1.38 bits per heavy atom. The summed E-state index contributed by atoms with van der Waals surface area (Å²) in [7, 11) is -4.48. The summed E-state index contributed by atoms with van der Waals surface area (Å²) in [5, 5.41) is 0. The largest absolute Gasteiger partial charge is 0.350 e. The van der Waals surface area contributed by atoms with E-state index in [9.17, 15) is 17.2 Å². The van der Waals surface area contributed by atoms with Crippen molar-refractivity contribution in [3.63, 3.8) is 0 Å². The van der Waals surface area contributed by atoms with Gasteiger partial charge in [-0.2, -0.15) is 13.1 Å². The number of rotatable bonds is 5. The maximum atomic E-state index is 12.1. The monoisotopic (exact) mass is 235 g/mol. The summed E-state index contributed by atoms with van der Waals surface area (Å²) in [4.78, 5) is 0. The zero-order valence-electron chi connectivity index (χ0n) is 7.37. The van der Waals surface area contributed by atoms with Gasteiger partial charge in [-0.05, 0) is 13.8 Å². The fourth-order valence-corrected chi connectivity index (χ4v) is 2.29. The van der Waals surface area contributed by atoms with Gasteiger partial charge in [-0.3, -0.25) is 0 Å². The fraction of sp³-hybridized carbons (Fsp3) is 1.00. The quantitative estimate of drug-likeness (QED) is 0.677. The van der Waals surface area contributed by atoms with Gasteiger partial charge in [-0.25, -0.2) is 8.42 Å². The second-order valence-corrected chi connectivity index (χ2v) is 4.93. The molecule has 7 heteroatoms. The van der Waals surface area contributed by atoms with Gasteiger partial charge in [0.2, 0.25) is 0 Å². The zero-order valence-corrected chi connectivity index (χ0v) is 8.95. The van der Waals surface area contributed by atoms with Crippen molar-refractivity contribution in [2.45, 2.75) is 25.6 Å². The van der Waals surface area contributed by atoms with Gasteiger partial charge in [0.1, 0.15) is 0 Å². The highest BCUT2D eigenvalue weighted by atomic mass is 35.5. The summed E-state index contributed by atoms with van der Waals surface area (Å²) in [6, 6.07) is -0.502. The van der Waals surface area contributed by atoms with Gasteiger partial charge in [-0.1, -0.05) is 0 Å². The van der Waals surface area contributed by atoms with Crippen molar-refractivity contribution in [2.24, 2.45) is 0 Å². The molecule has 0 aliphatic carbocycles. The van der Waals surface area contributed by atoms with Gasteiger partial charge in [0.15, 0.2) is 0 Å². The van der Waals surface area contributed by atoms with Crippen molar-refractivity contribution >= 4 is 21.6 Å². The molecule has 0 spiro atoms. The molecule has 0 aromatic rings. The highest BCUT2D eigenvalue weighted by molar-refractivity contribution is 7.89. The smallest absolute Gasteiger partial charge is 0.206 e. The van der Waals surface area contributed by atoms with Gasteiger partial charge < -0.3 is 0 Å². The van der Waals surface area contributed by atoms with Crippen LogP contribution in [0.5, 0.6) is 0 Å². The van der Waals surface area contributed by atoms with E-state index in [0.29, 0.717) is 4.31 Å². The van der Waals surface area contributed by atoms with Crippen molar-refractivity contribution in [2.75, 3.05) is 12.4 Å². The van der Waals surface area contributed by atoms with Gasteiger partial charge in [-0.15, -0.1) is 11.6 Å². The van der Waals surface area contributed by atoms with Crippen molar-refractivity contribution < 1.29 is 17.2 Å². The number of sulfonamides is 1. The lowest BCUT2D eigenvalue weighted by Gasteiger charge is -2.24. The van der Waals surface area contributed by atoms with E-state index >= 15 is 0 Å². The maximum Gasteiger partial charge on any atom is 0.350 e. The first kappa shape index (κ1) is 13.1. The molecule has 0 bridgehead atoms. The second-order valence-electron chi connectivity index (χ2n) is 2.70. The van der Waals surface area contributed by atoms with Crippen LogP contribution in [0.4, 0.5) is 8.78 Å². The molecule has 13 heavy (non-hydrogen) atoms. The predicted octanol–water partition coefficient (Wildman–Crippen LogP) is 1.49. The third-order valence-electron chi connectivity index (χ3n) is 1.43. The van der Waals surface area contributed by atoms with E-state index in [1.54, 1.807) is 0 Å². The zero-order chi connectivity index (χ0) is 10.6. The van der Waals surface area contributed by atoms with Gasteiger partial charge in [0.25, 0.3) is 10.0 Å². The Morgan fingerprint density at radius 2 is 1.85 bits per heavy atom. The van der Waals surface area contributed by atoms with Gasteiger partial charge in [0, 0.05) is 18.5 Å². The van der Waals surface area contributed by atoms with Gasteiger partial charge >= 0.3 is 5.76 Å². The molecular weight excluding hydrogens is 224 g/mol. The minimum atomic E-state index is -4.48. The molecule has 80 valence electrons. The summed E-state index contributed by atoms with van der Waals surface area (Å²) in [6.45, 7) is 2.95. The number of nitrogens with zero attached hydrogens (tertiary/aromatic N) is 1. The van der Waals surface area contributed by atoms with E-state index in [0.717, 1.165) is 0 Å². The van der Waals surface area contributed by atoms with Crippen LogP contribution in [0.3, 0.4) is 0 Å². The Labute approximate surface area is 81.7 Å². The fourth-order valence-electron chi connectivity index (χ4n) is 0.865. The Balaban J connectivity index is 4.74. The molecule has 0 unspecified atom stereocenters. The molecule has 0 heterocycles. The van der Waals surface area contributed by atoms with Crippen LogP contribution in [0, 0.1) is 0 Å². The normalized spacial score (nSPS) is 13.2. The Kier molecular flexibility index (Phi) is 5.09. The van der Waals surface area contributed by atoms with E-state index in [2.05, 4.69) is 0 Å². The molecular formula is C6H12ClF2NO2S. The second kappa shape index (κ2) is 5.07. The molecule has 0 amide bonds. The van der Waals surface area contributed by atoms with Crippen LogP contribution in [0.1, 0.15) is 13.8 Å². The average molecular weight is 236 g/mol. The standard InChI is InChI=1S/C6H12ClF2NO2S/c1-5(2)10(4-3-7)13(11,12)6(8)9/h5-6H,3-4H2,1-2H3. The molecule has 0 rings (SSSR count). The van der Waals surface area contributed by atoms with Crippen molar-refractivity contribution in [3.05, 3.63) is 0 Å². The van der Waals surface area contributed by atoms with Gasteiger partial charge in [0.05, 0.1) is 0 Å². The minimum Gasteiger partial charge on any atom is -0.206 e. The summed E-state index contributed by atoms with van der Waals surface area (Å²) in [5.41, 5.74) is 0. The highest BCUT2D eigenvalue weighted by Gasteiger charge is 2.33. The van der Waals surface area contributed by atoms with E-state index in [4.69, 9.17) is 11.6 Å². The number of halogens is 3. The third-order valence-corrected chi connectivity index (χ3v) is 3.31. The summed E-state index contributed by atoms with van der Waals surface area (Å²) in [6.07, 6.45) is 0. The molecule has 0 N–H and O–H groups in total. The third kappa shape index (κ3) is 3.36. The van der Waals surface area contributed by atoms with Crippen LogP contribution < -0.4 is 0 Å². The van der Waals surface area contributed by atoms with Crippen LogP contribution >= 0.6 is 11.6 Å². The lowest BCUT2D eigenvalue weighted by molar-refractivity contribution is 0.214. The molecule has 0 aromatic heterocycles. The van der Waals surface area contributed by atoms with Crippen LogP contribution in [0.25, 0.3) is 0 Å². The highest BCUT2D eigenvalue weighted by Crippen LogP contribution is 2.14. The molecule has 3 nitrogen and oxygen atoms in total. The van der Waals surface area contributed by atoms with Crippen LogP contribution in [-0.2, 0) is 10.0 Å². The molecule has 0 fully saturated rings. The van der Waals surface area contributed by atoms with Crippen LogP contribution in [-0.4, -0.2) is 36.9 Å². The molecule has 0 atom stereocenters. The molecule has 0 aromatic carbocycles. The number of hydrogen-bond donors (Lipinski definition) is 0. The Bertz CT molecular complexity index is 243. The first-order valence-corrected chi connectivity index (χ1v) is 5.72. The van der Waals surface area contributed by atoms with Crippen LogP contribution in [0.15, 0.2) is 0 Å². The lowest BCUT2D eigenvalue weighted by atomic mass is 10.4. The Hall–Kier alpha value is 0.0600. The topological polar surface area (TPSA) is 37.4 Å². The number of alkyl halides is 3. The number of hydrogen-bond acceptors (Lipinski definition) is 2. The van der Waals surface area contributed by atoms with E-state index in [1.807, 2.05) is 0 Å². The predicted molar refractivity (Wildman–Crippen MR) is 47.5 cm³/mol. The summed E-state index contributed by atoms with van der Waals surface area (Å²) >= 11 is 5.30. The molecule has 0 saturated carbocycles. The first-order valence-electron chi connectivity index (χ1n) is 3.68. The Morgan fingerprint density at radius 3 is 2.08 bits per heavy atom. The maximum absolute atomic E-state index is 12.1. The molecule has 0 saturated heterocycles. The summed E-state index contributed by atoms with van der Waals surface area (Å²) < 4.78 is 46.8. The molecule has 0 aliphatic rings. The van der Waals surface area contributed by atoms with Crippen LogP contribution in [0.2, 0.25) is 0 Å². The van der Waals surface area contributed by atoms with Crippen molar-refractivity contribution in [1.82, 2.24) is 4.31 Å². The van der Waals surface area contributed by atoms with E-state index in [-0.39, 0.29) is 12.4 Å². The minimum absolute atomic E-state index is 0.00410. The summed E-state index contributed by atoms with van der Waals surface area (Å²) in [5.74, 6) is -3.37. The average Bonchev–Trinajstić information content (AvgIpc) is 1.98.